The van der Waals surface area contributed by atoms with E-state index in [0.29, 0.717) is 18.7 Å². The molecule has 0 aliphatic rings. The van der Waals surface area contributed by atoms with Crippen molar-refractivity contribution in [1.82, 2.24) is 14.5 Å². The van der Waals surface area contributed by atoms with Crippen molar-refractivity contribution < 1.29 is 9.53 Å². The fourth-order valence-electron chi connectivity index (χ4n) is 3.28. The van der Waals surface area contributed by atoms with Crippen LogP contribution in [0, 0.1) is 6.92 Å². The highest BCUT2D eigenvalue weighted by Crippen LogP contribution is 2.27. The smallest absolute Gasteiger partial charge is 0.338 e. The number of halogens is 1. The topological polar surface area (TPSA) is 57.0 Å². The molecule has 2 heterocycles. The van der Waals surface area contributed by atoms with Gasteiger partial charge in [-0.15, -0.1) is 0 Å². The van der Waals surface area contributed by atoms with Crippen molar-refractivity contribution in [1.29, 1.82) is 0 Å². The molecular formula is C21H18BrN3O2. The van der Waals surface area contributed by atoms with Gasteiger partial charge in [-0.05, 0) is 53.4 Å². The SMILES string of the molecule is CCOC(=O)c1ccc2nc(C)n(Cc3ncc(Br)c4ccccc34)c2c1. The first-order valence-electron chi connectivity index (χ1n) is 8.74. The maximum atomic E-state index is 12.1. The Morgan fingerprint density at radius 1 is 1.19 bits per heavy atom. The number of carbonyl (C=O) groups is 1. The van der Waals surface area contributed by atoms with Crippen molar-refractivity contribution in [2.45, 2.75) is 20.4 Å². The summed E-state index contributed by atoms with van der Waals surface area (Å²) in [5, 5.41) is 2.21. The molecule has 0 saturated heterocycles. The number of pyridine rings is 1. The molecule has 2 aromatic carbocycles. The lowest BCUT2D eigenvalue weighted by molar-refractivity contribution is 0.0526. The Labute approximate surface area is 165 Å². The molecule has 0 spiro atoms. The molecule has 0 radical (unpaired) electrons. The Morgan fingerprint density at radius 2 is 1.96 bits per heavy atom. The first-order valence-corrected chi connectivity index (χ1v) is 9.54. The van der Waals surface area contributed by atoms with E-state index >= 15 is 0 Å². The second-order valence-corrected chi connectivity index (χ2v) is 7.12. The highest BCUT2D eigenvalue weighted by molar-refractivity contribution is 9.10. The normalized spacial score (nSPS) is 11.2. The number of nitrogens with zero attached hydrogens (tertiary/aromatic N) is 3. The van der Waals surface area contributed by atoms with Crippen molar-refractivity contribution in [3.05, 3.63) is 70.2 Å². The van der Waals surface area contributed by atoms with Gasteiger partial charge in [0.25, 0.3) is 0 Å². The molecule has 0 aliphatic carbocycles. The van der Waals surface area contributed by atoms with E-state index in [1.165, 1.54) is 0 Å². The summed E-state index contributed by atoms with van der Waals surface area (Å²) in [5.41, 5.74) is 3.23. The number of esters is 1. The van der Waals surface area contributed by atoms with Crippen molar-refractivity contribution in [3.8, 4) is 0 Å². The molecule has 0 bridgehead atoms. The fourth-order valence-corrected chi connectivity index (χ4v) is 3.72. The number of aryl methyl sites for hydroxylation is 1. The molecule has 6 heteroatoms. The van der Waals surface area contributed by atoms with Crippen LogP contribution < -0.4 is 0 Å². The van der Waals surface area contributed by atoms with Gasteiger partial charge in [-0.1, -0.05) is 24.3 Å². The summed E-state index contributed by atoms with van der Waals surface area (Å²) in [6.07, 6.45) is 1.83. The standard InChI is InChI=1S/C21H18BrN3O2/c1-3-27-21(26)14-8-9-18-20(10-14)25(13(2)24-18)12-19-16-7-5-4-6-15(16)17(22)11-23-19/h4-11H,3,12H2,1-2H3. The quantitative estimate of drug-likeness (QED) is 0.438. The maximum Gasteiger partial charge on any atom is 0.338 e. The molecule has 27 heavy (non-hydrogen) atoms. The molecule has 2 aromatic heterocycles. The molecular weight excluding hydrogens is 406 g/mol. The summed E-state index contributed by atoms with van der Waals surface area (Å²) in [5.74, 6) is 0.553. The third kappa shape index (κ3) is 3.21. The zero-order valence-electron chi connectivity index (χ0n) is 15.1. The van der Waals surface area contributed by atoms with Crippen molar-refractivity contribution in [2.75, 3.05) is 6.61 Å². The van der Waals surface area contributed by atoms with Gasteiger partial charge >= 0.3 is 5.97 Å². The largest absolute Gasteiger partial charge is 0.462 e. The van der Waals surface area contributed by atoms with Crippen LogP contribution >= 0.6 is 15.9 Å². The summed E-state index contributed by atoms with van der Waals surface area (Å²) in [6.45, 7) is 4.69. The number of rotatable bonds is 4. The van der Waals surface area contributed by atoms with Gasteiger partial charge in [0, 0.05) is 16.1 Å². The van der Waals surface area contributed by atoms with Gasteiger partial charge in [0.2, 0.25) is 0 Å². The minimum atomic E-state index is -0.322. The molecule has 0 atom stereocenters. The van der Waals surface area contributed by atoms with E-state index in [4.69, 9.17) is 4.74 Å². The van der Waals surface area contributed by atoms with Crippen molar-refractivity contribution in [3.63, 3.8) is 0 Å². The Bertz CT molecular complexity index is 1170. The van der Waals surface area contributed by atoms with Gasteiger partial charge in [-0.2, -0.15) is 0 Å². The molecule has 0 amide bonds. The van der Waals surface area contributed by atoms with E-state index in [-0.39, 0.29) is 5.97 Å². The van der Waals surface area contributed by atoms with Crippen LogP contribution in [0.25, 0.3) is 21.8 Å². The average molecular weight is 424 g/mol. The van der Waals surface area contributed by atoms with Crippen LogP contribution in [0.1, 0.15) is 28.8 Å². The van der Waals surface area contributed by atoms with Gasteiger partial charge in [0.1, 0.15) is 5.82 Å². The first-order chi connectivity index (χ1) is 13.1. The van der Waals surface area contributed by atoms with Crippen LogP contribution in [0.5, 0.6) is 0 Å². The van der Waals surface area contributed by atoms with E-state index in [2.05, 4.69) is 42.6 Å². The number of fused-ring (bicyclic) bond motifs is 2. The summed E-state index contributed by atoms with van der Waals surface area (Å²) in [7, 11) is 0. The summed E-state index contributed by atoms with van der Waals surface area (Å²) in [4.78, 5) is 21.4. The van der Waals surface area contributed by atoms with Gasteiger partial charge in [0.05, 0.1) is 35.4 Å². The van der Waals surface area contributed by atoms with E-state index in [0.717, 1.165) is 37.8 Å². The average Bonchev–Trinajstić information content (AvgIpc) is 2.99. The minimum Gasteiger partial charge on any atom is -0.462 e. The van der Waals surface area contributed by atoms with Gasteiger partial charge in [-0.3, -0.25) is 4.98 Å². The number of aromatic nitrogens is 3. The fraction of sp³-hybridized carbons (Fsp3) is 0.190. The van der Waals surface area contributed by atoms with Crippen LogP contribution in [-0.2, 0) is 11.3 Å². The Kier molecular flexibility index (Phi) is 4.66. The van der Waals surface area contributed by atoms with Crippen LogP contribution in [0.4, 0.5) is 0 Å². The lowest BCUT2D eigenvalue weighted by atomic mass is 10.1. The lowest BCUT2D eigenvalue weighted by Gasteiger charge is -2.11. The van der Waals surface area contributed by atoms with E-state index < -0.39 is 0 Å². The summed E-state index contributed by atoms with van der Waals surface area (Å²) in [6, 6.07) is 13.6. The van der Waals surface area contributed by atoms with Gasteiger partial charge in [0.15, 0.2) is 0 Å². The van der Waals surface area contributed by atoms with Gasteiger partial charge < -0.3 is 9.30 Å². The van der Waals surface area contributed by atoms with E-state index in [1.54, 1.807) is 13.0 Å². The zero-order valence-corrected chi connectivity index (χ0v) is 16.7. The number of hydrogen-bond acceptors (Lipinski definition) is 4. The number of imidazole rings is 1. The molecule has 4 rings (SSSR count). The molecule has 4 aromatic rings. The van der Waals surface area contributed by atoms with E-state index in [1.807, 2.05) is 37.4 Å². The third-order valence-electron chi connectivity index (χ3n) is 4.59. The molecule has 0 aliphatic heterocycles. The molecule has 0 saturated carbocycles. The Hall–Kier alpha value is -2.73. The molecule has 0 fully saturated rings. The first kappa shape index (κ1) is 17.7. The Balaban J connectivity index is 1.82. The predicted octanol–water partition coefficient (Wildman–Crippen LogP) is 4.88. The highest BCUT2D eigenvalue weighted by Gasteiger charge is 2.14. The number of ether oxygens (including phenoxy) is 1. The second-order valence-electron chi connectivity index (χ2n) is 6.27. The highest BCUT2D eigenvalue weighted by atomic mass is 79.9. The van der Waals surface area contributed by atoms with Crippen LogP contribution in [0.3, 0.4) is 0 Å². The third-order valence-corrected chi connectivity index (χ3v) is 5.22. The van der Waals surface area contributed by atoms with Crippen molar-refractivity contribution in [2.24, 2.45) is 0 Å². The summed E-state index contributed by atoms with van der Waals surface area (Å²) >= 11 is 3.57. The second kappa shape index (κ2) is 7.12. The van der Waals surface area contributed by atoms with E-state index in [9.17, 15) is 4.79 Å². The lowest BCUT2D eigenvalue weighted by Crippen LogP contribution is -2.07. The molecule has 5 nitrogen and oxygen atoms in total. The van der Waals surface area contributed by atoms with Crippen LogP contribution in [0.2, 0.25) is 0 Å². The van der Waals surface area contributed by atoms with Gasteiger partial charge in [-0.25, -0.2) is 9.78 Å². The maximum absolute atomic E-state index is 12.1. The number of carbonyl (C=O) groups excluding carboxylic acids is 1. The zero-order chi connectivity index (χ0) is 19.0. The summed E-state index contributed by atoms with van der Waals surface area (Å²) < 4.78 is 8.18. The predicted molar refractivity (Wildman–Crippen MR) is 109 cm³/mol. The number of benzene rings is 2. The molecule has 0 unspecified atom stereocenters. The monoisotopic (exact) mass is 423 g/mol. The molecule has 136 valence electrons. The minimum absolute atomic E-state index is 0.322. The Morgan fingerprint density at radius 3 is 2.74 bits per heavy atom. The molecule has 0 N–H and O–H groups in total. The number of hydrogen-bond donors (Lipinski definition) is 0. The van der Waals surface area contributed by atoms with Crippen LogP contribution in [-0.4, -0.2) is 27.1 Å². The van der Waals surface area contributed by atoms with Crippen molar-refractivity contribution >= 4 is 43.7 Å². The van der Waals surface area contributed by atoms with Crippen LogP contribution in [0.15, 0.2) is 53.1 Å².